The molecule has 0 saturated carbocycles. The molecule has 6 heteroatoms. The average Bonchev–Trinajstić information content (AvgIpc) is 2.26. The number of benzene rings is 1. The first kappa shape index (κ1) is 14.7. The summed E-state index contributed by atoms with van der Waals surface area (Å²) in [5, 5.41) is 0.498. The Morgan fingerprint density at radius 1 is 1.35 bits per heavy atom. The molecular weight excluding hydrogens is 328 g/mol. The second-order valence-corrected chi connectivity index (χ2v) is 8.25. The average molecular weight is 340 g/mol. The number of Topliss-reactive ketones (excluding diaryl/α,β-unsaturated/α-hetero) is 1. The molecule has 0 N–H and O–H groups in total. The van der Waals surface area contributed by atoms with Gasteiger partial charge in [-0.3, -0.25) is 4.79 Å². The molecule has 1 aromatic rings. The highest BCUT2D eigenvalue weighted by Gasteiger charge is 2.44. The summed E-state index contributed by atoms with van der Waals surface area (Å²) in [6.45, 7) is 1.64. The lowest BCUT2D eigenvalue weighted by Gasteiger charge is -2.22. The van der Waals surface area contributed by atoms with E-state index in [0.29, 0.717) is 10.6 Å². The predicted octanol–water partition coefficient (Wildman–Crippen LogP) is 3.07. The zero-order chi connectivity index (χ0) is 13.3. The van der Waals surface area contributed by atoms with Crippen LogP contribution in [-0.2, 0) is 9.84 Å². The molecule has 0 aliphatic heterocycles. The summed E-state index contributed by atoms with van der Waals surface area (Å²) in [7, 11) is -3.54. The van der Waals surface area contributed by atoms with E-state index in [4.69, 9.17) is 11.6 Å². The predicted molar refractivity (Wildman–Crippen MR) is 72.6 cm³/mol. The van der Waals surface area contributed by atoms with E-state index in [2.05, 4.69) is 15.9 Å². The minimum absolute atomic E-state index is 0.160. The van der Waals surface area contributed by atoms with E-state index in [1.807, 2.05) is 0 Å². The Balaban J connectivity index is 3.24. The number of hydrogen-bond acceptors (Lipinski definition) is 3. The highest BCUT2D eigenvalue weighted by atomic mass is 79.9. The van der Waals surface area contributed by atoms with E-state index in [1.54, 1.807) is 19.1 Å². The van der Waals surface area contributed by atoms with E-state index in [0.717, 1.165) is 6.26 Å². The van der Waals surface area contributed by atoms with Crippen molar-refractivity contribution in [3.8, 4) is 0 Å². The number of rotatable bonds is 4. The van der Waals surface area contributed by atoms with Crippen LogP contribution < -0.4 is 0 Å². The van der Waals surface area contributed by atoms with Gasteiger partial charge in [0.2, 0.25) is 0 Å². The lowest BCUT2D eigenvalue weighted by molar-refractivity contribution is 0.0976. The molecule has 3 nitrogen and oxygen atoms in total. The molecule has 0 unspecified atom stereocenters. The SMILES string of the molecule is CC[C@](Br)(C(=O)c1ccc(Cl)cc1)S(C)(=O)=O. The lowest BCUT2D eigenvalue weighted by Crippen LogP contribution is -2.39. The van der Waals surface area contributed by atoms with Gasteiger partial charge in [-0.15, -0.1) is 0 Å². The maximum absolute atomic E-state index is 12.2. The highest BCUT2D eigenvalue weighted by Crippen LogP contribution is 2.33. The van der Waals surface area contributed by atoms with E-state index in [9.17, 15) is 13.2 Å². The van der Waals surface area contributed by atoms with E-state index >= 15 is 0 Å². The van der Waals surface area contributed by atoms with Crippen molar-refractivity contribution in [1.29, 1.82) is 0 Å². The van der Waals surface area contributed by atoms with Crippen LogP contribution in [0.25, 0.3) is 0 Å². The van der Waals surface area contributed by atoms with E-state index in [-0.39, 0.29) is 6.42 Å². The number of carbonyl (C=O) groups excluding carboxylic acids is 1. The van der Waals surface area contributed by atoms with Gasteiger partial charge in [-0.2, -0.15) is 0 Å². The fourth-order valence-corrected chi connectivity index (χ4v) is 2.74. The van der Waals surface area contributed by atoms with Crippen LogP contribution >= 0.6 is 27.5 Å². The normalized spacial score (nSPS) is 15.3. The monoisotopic (exact) mass is 338 g/mol. The van der Waals surface area contributed by atoms with Gasteiger partial charge >= 0.3 is 0 Å². The molecule has 0 aliphatic rings. The van der Waals surface area contributed by atoms with E-state index < -0.39 is 19.3 Å². The Morgan fingerprint density at radius 2 is 1.82 bits per heavy atom. The quantitative estimate of drug-likeness (QED) is 0.626. The molecule has 1 rings (SSSR count). The molecule has 0 saturated heterocycles. The van der Waals surface area contributed by atoms with Gasteiger partial charge in [0.25, 0.3) is 0 Å². The lowest BCUT2D eigenvalue weighted by atomic mass is 10.1. The summed E-state index contributed by atoms with van der Waals surface area (Å²) in [6, 6.07) is 6.14. The molecular formula is C11H12BrClO3S. The van der Waals surface area contributed by atoms with Gasteiger partial charge in [0.05, 0.1) is 0 Å². The molecule has 0 aromatic heterocycles. The second kappa shape index (κ2) is 5.08. The number of alkyl halides is 1. The smallest absolute Gasteiger partial charge is 0.194 e. The first-order chi connectivity index (χ1) is 7.72. The van der Waals surface area contributed by atoms with Crippen molar-refractivity contribution in [2.75, 3.05) is 6.26 Å². The van der Waals surface area contributed by atoms with Crippen LogP contribution in [0.1, 0.15) is 23.7 Å². The molecule has 0 spiro atoms. The molecule has 0 radical (unpaired) electrons. The zero-order valence-electron chi connectivity index (χ0n) is 9.41. The topological polar surface area (TPSA) is 51.2 Å². The highest BCUT2D eigenvalue weighted by molar-refractivity contribution is 9.12. The van der Waals surface area contributed by atoms with Crippen LogP contribution in [0.2, 0.25) is 5.02 Å². The van der Waals surface area contributed by atoms with Gasteiger partial charge < -0.3 is 0 Å². The maximum atomic E-state index is 12.2. The van der Waals surface area contributed by atoms with Crippen LogP contribution in [0.4, 0.5) is 0 Å². The third-order valence-corrected chi connectivity index (χ3v) is 7.07. The Bertz CT molecular complexity index is 524. The number of hydrogen-bond donors (Lipinski definition) is 0. The van der Waals surface area contributed by atoms with Crippen molar-refractivity contribution in [3.63, 3.8) is 0 Å². The van der Waals surface area contributed by atoms with Gasteiger partial charge in [0.15, 0.2) is 19.3 Å². The molecule has 94 valence electrons. The maximum Gasteiger partial charge on any atom is 0.194 e. The van der Waals surface area contributed by atoms with Crippen LogP contribution in [-0.4, -0.2) is 24.1 Å². The summed E-state index contributed by atoms with van der Waals surface area (Å²) in [4.78, 5) is 12.2. The van der Waals surface area contributed by atoms with Crippen molar-refractivity contribution < 1.29 is 13.2 Å². The number of carbonyl (C=O) groups is 1. The van der Waals surface area contributed by atoms with Crippen LogP contribution in [0.3, 0.4) is 0 Å². The fourth-order valence-electron chi connectivity index (χ4n) is 1.41. The molecule has 1 atom stereocenters. The number of sulfone groups is 1. The summed E-state index contributed by atoms with van der Waals surface area (Å²) in [5.74, 6) is -0.473. The summed E-state index contributed by atoms with van der Waals surface area (Å²) in [6.07, 6.45) is 1.20. The first-order valence-electron chi connectivity index (χ1n) is 4.91. The molecule has 1 aromatic carbocycles. The third-order valence-electron chi connectivity index (χ3n) is 2.49. The summed E-state index contributed by atoms with van der Waals surface area (Å²) >= 11 is 8.77. The van der Waals surface area contributed by atoms with Crippen molar-refractivity contribution in [1.82, 2.24) is 0 Å². The summed E-state index contributed by atoms with van der Waals surface area (Å²) in [5.41, 5.74) is 0.318. The molecule has 0 bridgehead atoms. The molecule has 0 heterocycles. The van der Waals surface area contributed by atoms with Crippen molar-refractivity contribution in [3.05, 3.63) is 34.9 Å². The van der Waals surface area contributed by atoms with Crippen LogP contribution in [0.15, 0.2) is 24.3 Å². The fraction of sp³-hybridized carbons (Fsp3) is 0.364. The molecule has 0 amide bonds. The zero-order valence-corrected chi connectivity index (χ0v) is 12.6. The Hall–Kier alpha value is -0.390. The Kier molecular flexibility index (Phi) is 4.38. The molecule has 0 fully saturated rings. The van der Waals surface area contributed by atoms with Gasteiger partial charge in [0.1, 0.15) is 0 Å². The molecule has 17 heavy (non-hydrogen) atoms. The van der Waals surface area contributed by atoms with Crippen molar-refractivity contribution >= 4 is 43.2 Å². The van der Waals surface area contributed by atoms with Gasteiger partial charge in [0, 0.05) is 16.8 Å². The Morgan fingerprint density at radius 3 is 2.18 bits per heavy atom. The van der Waals surface area contributed by atoms with Crippen LogP contribution in [0, 0.1) is 0 Å². The van der Waals surface area contributed by atoms with Crippen molar-refractivity contribution in [2.24, 2.45) is 0 Å². The minimum Gasteiger partial charge on any atom is -0.291 e. The van der Waals surface area contributed by atoms with Crippen LogP contribution in [0.5, 0.6) is 0 Å². The van der Waals surface area contributed by atoms with Crippen molar-refractivity contribution in [2.45, 2.75) is 17.0 Å². The van der Waals surface area contributed by atoms with Gasteiger partial charge in [-0.1, -0.05) is 34.5 Å². The van der Waals surface area contributed by atoms with Gasteiger partial charge in [-0.25, -0.2) is 8.42 Å². The minimum atomic E-state index is -3.54. The van der Waals surface area contributed by atoms with E-state index in [1.165, 1.54) is 12.1 Å². The number of halogens is 2. The Labute approximate surface area is 114 Å². The largest absolute Gasteiger partial charge is 0.291 e. The number of ketones is 1. The molecule has 0 aliphatic carbocycles. The standard InChI is InChI=1S/C11H12BrClO3S/c1-3-11(12,17(2,15)16)10(14)8-4-6-9(13)7-5-8/h4-7H,3H2,1-2H3/t11-/m1/s1. The first-order valence-corrected chi connectivity index (χ1v) is 7.97. The summed E-state index contributed by atoms with van der Waals surface area (Å²) < 4.78 is 21.8. The van der Waals surface area contributed by atoms with Gasteiger partial charge in [-0.05, 0) is 30.7 Å². The second-order valence-electron chi connectivity index (χ2n) is 3.69. The third kappa shape index (κ3) is 2.89.